The summed E-state index contributed by atoms with van der Waals surface area (Å²) >= 11 is 0. The van der Waals surface area contributed by atoms with Crippen LogP contribution in [0, 0.1) is 13.8 Å². The van der Waals surface area contributed by atoms with E-state index in [9.17, 15) is 4.79 Å². The van der Waals surface area contributed by atoms with Crippen molar-refractivity contribution in [2.45, 2.75) is 33.7 Å². The Hall–Kier alpha value is -1.33. The van der Waals surface area contributed by atoms with Gasteiger partial charge in [0.15, 0.2) is 0 Å². The molecule has 0 unspecified atom stereocenters. The van der Waals surface area contributed by atoms with Gasteiger partial charge in [-0.05, 0) is 26.8 Å². The Morgan fingerprint density at radius 3 is 2.76 bits per heavy atom. The van der Waals surface area contributed by atoms with Crippen molar-refractivity contribution in [3.8, 4) is 0 Å². The van der Waals surface area contributed by atoms with Crippen molar-refractivity contribution < 1.29 is 19.2 Å². The van der Waals surface area contributed by atoms with Gasteiger partial charge in [0.05, 0.1) is 31.9 Å². The van der Waals surface area contributed by atoms with Gasteiger partial charge in [-0.2, -0.15) is 0 Å². The summed E-state index contributed by atoms with van der Waals surface area (Å²) in [6.45, 7) is 12.4. The van der Waals surface area contributed by atoms with Crippen molar-refractivity contribution in [1.29, 1.82) is 0 Å². The van der Waals surface area contributed by atoms with Crippen LogP contribution in [0.5, 0.6) is 0 Å². The number of rotatable bonds is 6. The molecule has 0 bridgehead atoms. The lowest BCUT2D eigenvalue weighted by molar-refractivity contribution is -0.908. The van der Waals surface area contributed by atoms with Crippen LogP contribution in [0.2, 0.25) is 0 Å². The van der Waals surface area contributed by atoms with Gasteiger partial charge in [-0.15, -0.1) is 0 Å². The number of carbonyl (C=O) groups excluding carboxylic acids is 1. The van der Waals surface area contributed by atoms with Gasteiger partial charge in [0.25, 0.3) is 0 Å². The summed E-state index contributed by atoms with van der Waals surface area (Å²) < 4.78 is 12.7. The number of esters is 1. The van der Waals surface area contributed by atoms with E-state index in [1.165, 1.54) is 0 Å². The molecule has 0 radical (unpaired) electrons. The molecule has 5 heteroatoms. The fourth-order valence-electron chi connectivity index (χ4n) is 2.96. The molecular formula is C16H27N2O3+. The number of quaternary nitrogens is 1. The van der Waals surface area contributed by atoms with Crippen molar-refractivity contribution in [2.24, 2.45) is 0 Å². The number of ether oxygens (including phenoxy) is 2. The molecule has 0 atom stereocenters. The number of hydrogen-bond acceptors (Lipinski definition) is 3. The number of morpholine rings is 1. The van der Waals surface area contributed by atoms with Crippen LogP contribution in [0.1, 0.15) is 35.1 Å². The molecule has 0 saturated carbocycles. The van der Waals surface area contributed by atoms with E-state index in [2.05, 4.69) is 11.5 Å². The second-order valence-electron chi connectivity index (χ2n) is 5.62. The van der Waals surface area contributed by atoms with Crippen LogP contribution in [0.15, 0.2) is 6.07 Å². The van der Waals surface area contributed by atoms with Crippen molar-refractivity contribution in [3.63, 3.8) is 0 Å². The molecule has 1 aliphatic rings. The number of aryl methyl sites for hydroxylation is 1. The maximum absolute atomic E-state index is 11.9. The molecular weight excluding hydrogens is 268 g/mol. The highest BCUT2D eigenvalue weighted by molar-refractivity contribution is 5.91. The monoisotopic (exact) mass is 295 g/mol. The van der Waals surface area contributed by atoms with Crippen LogP contribution in [0.3, 0.4) is 0 Å². The summed E-state index contributed by atoms with van der Waals surface area (Å²) in [5.74, 6) is -0.212. The van der Waals surface area contributed by atoms with Crippen LogP contribution in [0.4, 0.5) is 0 Å². The second kappa shape index (κ2) is 7.61. The summed E-state index contributed by atoms with van der Waals surface area (Å²) in [5.41, 5.74) is 2.85. The summed E-state index contributed by atoms with van der Waals surface area (Å²) in [7, 11) is 0. The topological polar surface area (TPSA) is 44.9 Å². The Balaban J connectivity index is 1.92. The molecule has 1 saturated heterocycles. The minimum Gasteiger partial charge on any atom is -0.462 e. The van der Waals surface area contributed by atoms with Gasteiger partial charge in [-0.1, -0.05) is 0 Å². The van der Waals surface area contributed by atoms with E-state index < -0.39 is 0 Å². The Kier molecular flexibility index (Phi) is 5.82. The minimum atomic E-state index is -0.212. The molecule has 0 aromatic carbocycles. The lowest BCUT2D eigenvalue weighted by atomic mass is 10.2. The predicted octanol–water partition coefficient (Wildman–Crippen LogP) is 0.587. The smallest absolute Gasteiger partial charge is 0.339 e. The molecule has 0 amide bonds. The van der Waals surface area contributed by atoms with E-state index in [0.717, 1.165) is 57.2 Å². The third kappa shape index (κ3) is 4.08. The van der Waals surface area contributed by atoms with E-state index in [1.807, 2.05) is 19.9 Å². The average molecular weight is 295 g/mol. The molecule has 5 nitrogen and oxygen atoms in total. The highest BCUT2D eigenvalue weighted by Gasteiger charge is 2.17. The fraction of sp³-hybridized carbons (Fsp3) is 0.688. The maximum Gasteiger partial charge on any atom is 0.339 e. The molecule has 1 fully saturated rings. The molecule has 1 aromatic rings. The number of nitrogens with zero attached hydrogens (tertiary/aromatic N) is 1. The van der Waals surface area contributed by atoms with E-state index >= 15 is 0 Å². The molecule has 2 rings (SSSR count). The van der Waals surface area contributed by atoms with Crippen LogP contribution < -0.4 is 4.90 Å². The van der Waals surface area contributed by atoms with E-state index in [4.69, 9.17) is 9.47 Å². The number of carbonyl (C=O) groups is 1. The van der Waals surface area contributed by atoms with Gasteiger partial charge in [0, 0.05) is 24.4 Å². The van der Waals surface area contributed by atoms with Crippen LogP contribution in [-0.2, 0) is 16.0 Å². The van der Waals surface area contributed by atoms with Crippen LogP contribution >= 0.6 is 0 Å². The first-order valence-electron chi connectivity index (χ1n) is 7.88. The highest BCUT2D eigenvalue weighted by Crippen LogP contribution is 2.16. The predicted molar refractivity (Wildman–Crippen MR) is 80.9 cm³/mol. The van der Waals surface area contributed by atoms with Gasteiger partial charge in [-0.25, -0.2) is 4.79 Å². The Morgan fingerprint density at radius 1 is 1.38 bits per heavy atom. The quantitative estimate of drug-likeness (QED) is 0.781. The fourth-order valence-corrected chi connectivity index (χ4v) is 2.96. The molecule has 0 spiro atoms. The first-order chi connectivity index (χ1) is 10.1. The summed E-state index contributed by atoms with van der Waals surface area (Å²) in [6, 6.07) is 1.94. The standard InChI is InChI=1S/C16H26N2O3/c1-4-21-16(19)15-12-13(2)18(14(15)3)7-5-6-17-8-10-20-11-9-17/h12H,4-11H2,1-3H3/p+1. The zero-order chi connectivity index (χ0) is 15.2. The molecule has 2 heterocycles. The SMILES string of the molecule is CCOC(=O)c1cc(C)n(CCC[NH+]2CCOCC2)c1C. The van der Waals surface area contributed by atoms with Gasteiger partial charge in [0.1, 0.15) is 13.1 Å². The highest BCUT2D eigenvalue weighted by atomic mass is 16.5. The third-order valence-electron chi connectivity index (χ3n) is 4.18. The van der Waals surface area contributed by atoms with E-state index in [-0.39, 0.29) is 5.97 Å². The molecule has 1 N–H and O–H groups in total. The first kappa shape index (κ1) is 16.0. The first-order valence-corrected chi connectivity index (χ1v) is 7.88. The molecule has 0 aliphatic carbocycles. The van der Waals surface area contributed by atoms with Crippen LogP contribution in [-0.4, -0.2) is 50.0 Å². The average Bonchev–Trinajstić information content (AvgIpc) is 2.76. The Labute approximate surface area is 126 Å². The number of nitrogens with one attached hydrogen (secondary N) is 1. The van der Waals surface area contributed by atoms with Gasteiger partial charge >= 0.3 is 5.97 Å². The van der Waals surface area contributed by atoms with Gasteiger partial charge < -0.3 is 18.9 Å². The van der Waals surface area contributed by atoms with Crippen LogP contribution in [0.25, 0.3) is 0 Å². The molecule has 1 aliphatic heterocycles. The number of aromatic nitrogens is 1. The van der Waals surface area contributed by atoms with Crippen molar-refractivity contribution in [2.75, 3.05) is 39.5 Å². The molecule has 118 valence electrons. The second-order valence-corrected chi connectivity index (χ2v) is 5.62. The van der Waals surface area contributed by atoms with E-state index in [1.54, 1.807) is 4.90 Å². The van der Waals surface area contributed by atoms with Gasteiger partial charge in [0.2, 0.25) is 0 Å². The Bertz CT molecular complexity index is 476. The summed E-state index contributed by atoms with van der Waals surface area (Å²) in [5, 5.41) is 0. The maximum atomic E-state index is 11.9. The summed E-state index contributed by atoms with van der Waals surface area (Å²) in [6.07, 6.45) is 1.12. The summed E-state index contributed by atoms with van der Waals surface area (Å²) in [4.78, 5) is 13.5. The largest absolute Gasteiger partial charge is 0.462 e. The Morgan fingerprint density at radius 2 is 2.10 bits per heavy atom. The third-order valence-corrected chi connectivity index (χ3v) is 4.18. The zero-order valence-corrected chi connectivity index (χ0v) is 13.4. The van der Waals surface area contributed by atoms with Crippen molar-refractivity contribution in [1.82, 2.24) is 4.57 Å². The van der Waals surface area contributed by atoms with Crippen molar-refractivity contribution in [3.05, 3.63) is 23.0 Å². The number of hydrogen-bond donors (Lipinski definition) is 1. The minimum absolute atomic E-state index is 0.212. The lowest BCUT2D eigenvalue weighted by Gasteiger charge is -2.24. The zero-order valence-electron chi connectivity index (χ0n) is 13.4. The normalized spacial score (nSPS) is 16.1. The van der Waals surface area contributed by atoms with Crippen molar-refractivity contribution >= 4 is 5.97 Å². The molecule has 1 aromatic heterocycles. The molecule has 21 heavy (non-hydrogen) atoms. The lowest BCUT2D eigenvalue weighted by Crippen LogP contribution is -3.14. The van der Waals surface area contributed by atoms with Gasteiger partial charge in [-0.3, -0.25) is 0 Å². The van der Waals surface area contributed by atoms with E-state index in [0.29, 0.717) is 12.2 Å².